The molecule has 4 heterocycles. The molecule has 2 N–H and O–H groups in total. The summed E-state index contributed by atoms with van der Waals surface area (Å²) in [6, 6.07) is 7.88. The molecule has 0 unspecified atom stereocenters. The number of piperidine rings is 1. The van der Waals surface area contributed by atoms with Gasteiger partial charge in [-0.1, -0.05) is 0 Å². The van der Waals surface area contributed by atoms with Crippen molar-refractivity contribution >= 4 is 38.5 Å². The molecule has 12 nitrogen and oxygen atoms in total. The van der Waals surface area contributed by atoms with Crippen molar-refractivity contribution in [2.75, 3.05) is 25.0 Å². The number of hydrogen-bond donors (Lipinski definition) is 2. The van der Waals surface area contributed by atoms with Crippen LogP contribution in [0.2, 0.25) is 0 Å². The third-order valence-corrected chi connectivity index (χ3v) is 9.34. The molecule has 0 saturated carbocycles. The summed E-state index contributed by atoms with van der Waals surface area (Å²) >= 11 is 0. The van der Waals surface area contributed by atoms with Crippen LogP contribution >= 0.6 is 0 Å². The fourth-order valence-electron chi connectivity index (χ4n) is 5.49. The van der Waals surface area contributed by atoms with E-state index in [9.17, 15) is 36.4 Å². The number of amides is 1. The van der Waals surface area contributed by atoms with E-state index in [1.807, 2.05) is 0 Å². The molecule has 1 fully saturated rings. The van der Waals surface area contributed by atoms with Gasteiger partial charge in [0.1, 0.15) is 17.5 Å². The number of carbonyl (C=O) groups is 1. The summed E-state index contributed by atoms with van der Waals surface area (Å²) in [7, 11) is -4.31. The van der Waals surface area contributed by atoms with Gasteiger partial charge in [0.25, 0.3) is 5.56 Å². The first-order chi connectivity index (χ1) is 20.0. The van der Waals surface area contributed by atoms with Crippen LogP contribution < -0.4 is 10.9 Å². The van der Waals surface area contributed by atoms with E-state index in [-0.39, 0.29) is 41.2 Å². The molecule has 230 valence electrons. The van der Waals surface area contributed by atoms with Gasteiger partial charge in [0.05, 0.1) is 28.4 Å². The number of rotatable bonds is 5. The zero-order valence-corrected chi connectivity index (χ0v) is 24.5. The van der Waals surface area contributed by atoms with Crippen molar-refractivity contribution in [1.29, 1.82) is 5.26 Å². The van der Waals surface area contributed by atoms with Gasteiger partial charge in [-0.2, -0.15) is 27.8 Å². The number of H-pyrrole nitrogens is 1. The maximum absolute atomic E-state index is 13.0. The third-order valence-electron chi connectivity index (χ3n) is 7.45. The second-order valence-electron chi connectivity index (χ2n) is 11.7. The van der Waals surface area contributed by atoms with Crippen LogP contribution in [0.4, 0.5) is 29.5 Å². The first-order valence-corrected chi connectivity index (χ1v) is 14.9. The molecule has 2 aliphatic rings. The number of anilines is 2. The molecule has 2 aliphatic heterocycles. The zero-order chi connectivity index (χ0) is 31.4. The van der Waals surface area contributed by atoms with Gasteiger partial charge in [-0.05, 0) is 63.4 Å². The van der Waals surface area contributed by atoms with Crippen molar-refractivity contribution in [2.24, 2.45) is 0 Å². The highest BCUT2D eigenvalue weighted by atomic mass is 32.2. The Bertz CT molecular complexity index is 1780. The van der Waals surface area contributed by atoms with Gasteiger partial charge in [0, 0.05) is 31.5 Å². The number of likely N-dealkylation sites (tertiary alicyclic amines) is 1. The smallest absolute Gasteiger partial charge is 0.410 e. The maximum atomic E-state index is 13.0. The van der Waals surface area contributed by atoms with Crippen molar-refractivity contribution in [3.05, 3.63) is 46.4 Å². The Balaban J connectivity index is 1.48. The number of nitrogens with one attached hydrogen (secondary N) is 2. The highest BCUT2D eigenvalue weighted by molar-refractivity contribution is 7.89. The molecule has 0 spiro atoms. The number of sulfonamides is 1. The van der Waals surface area contributed by atoms with Crippen LogP contribution in [0.3, 0.4) is 0 Å². The number of aromatic amines is 1. The fraction of sp³-hybridized carbons (Fsp3) is 0.481. The van der Waals surface area contributed by atoms with E-state index in [0.29, 0.717) is 28.4 Å². The Kier molecular flexibility index (Phi) is 7.46. The molecule has 1 amide bonds. The van der Waals surface area contributed by atoms with E-state index in [2.05, 4.69) is 16.4 Å². The highest BCUT2D eigenvalue weighted by Gasteiger charge is 2.43. The minimum Gasteiger partial charge on any atom is -0.444 e. The van der Waals surface area contributed by atoms with Gasteiger partial charge in [-0.3, -0.25) is 9.48 Å². The minimum atomic E-state index is -4.70. The lowest BCUT2D eigenvalue weighted by molar-refractivity contribution is -0.136. The average molecular weight is 622 g/mol. The molecule has 0 bridgehead atoms. The molecule has 1 saturated heterocycles. The number of hydrogen-bond acceptors (Lipinski definition) is 8. The summed E-state index contributed by atoms with van der Waals surface area (Å²) in [5.74, 6) is 0.122. The molecule has 1 aromatic carbocycles. The topological polar surface area (TPSA) is 153 Å². The summed E-state index contributed by atoms with van der Waals surface area (Å²) in [5.41, 5.74) is -1.08. The van der Waals surface area contributed by atoms with Gasteiger partial charge < -0.3 is 19.9 Å². The lowest BCUT2D eigenvalue weighted by atomic mass is 9.85. The number of pyridine rings is 1. The zero-order valence-electron chi connectivity index (χ0n) is 23.7. The Labute approximate surface area is 245 Å². The third kappa shape index (κ3) is 5.91. The van der Waals surface area contributed by atoms with Gasteiger partial charge in [0.2, 0.25) is 10.0 Å². The second kappa shape index (κ2) is 10.6. The molecule has 5 rings (SSSR count). The van der Waals surface area contributed by atoms with Gasteiger partial charge in [0.15, 0.2) is 5.82 Å². The standard InChI is InChI=1S/C27H30F3N7O5S/c1-25(2,3)42-24(39)35-12-8-26(7-10-31,9-13-35)37-19-6-11-32-23(38)21(19)22(34-37)33-18-4-5-20-17(14-18)15-36(43(20,40)41)16-27(28,29)30/h4-6,11,14H,7-9,12-13,15-16H2,1-3H3,(H,32,38)(H,33,34). The fourth-order valence-corrected chi connectivity index (χ4v) is 7.09. The van der Waals surface area contributed by atoms with Crippen LogP contribution in [0, 0.1) is 11.3 Å². The van der Waals surface area contributed by atoms with E-state index in [1.54, 1.807) is 36.4 Å². The number of fused-ring (bicyclic) bond motifs is 2. The summed E-state index contributed by atoms with van der Waals surface area (Å²) in [6.45, 7) is 3.83. The van der Waals surface area contributed by atoms with Crippen LogP contribution in [0.25, 0.3) is 10.9 Å². The van der Waals surface area contributed by atoms with Crippen molar-refractivity contribution < 1.29 is 31.1 Å². The SMILES string of the molecule is CC(C)(C)OC(=O)N1CCC(CC#N)(n2nc(Nc3ccc4c(c3)CN(CC(F)(F)F)S4(=O)=O)c3c(=O)[nH]ccc32)CC1. The molecule has 0 atom stereocenters. The van der Waals surface area contributed by atoms with E-state index in [1.165, 1.54) is 24.4 Å². The van der Waals surface area contributed by atoms with Crippen LogP contribution in [-0.2, 0) is 26.8 Å². The van der Waals surface area contributed by atoms with Crippen LogP contribution in [0.1, 0.15) is 45.6 Å². The van der Waals surface area contributed by atoms with Gasteiger partial charge in [-0.25, -0.2) is 13.2 Å². The van der Waals surface area contributed by atoms with Crippen molar-refractivity contribution in [3.8, 4) is 6.07 Å². The molecule has 0 aliphatic carbocycles. The molecule has 3 aromatic rings. The predicted octanol–water partition coefficient (Wildman–Crippen LogP) is 4.17. The van der Waals surface area contributed by atoms with E-state index in [4.69, 9.17) is 9.84 Å². The average Bonchev–Trinajstić information content (AvgIpc) is 3.38. The number of carbonyl (C=O) groups excluding carboxylic acids is 1. The lowest BCUT2D eigenvalue weighted by Gasteiger charge is -2.41. The molecule has 2 aromatic heterocycles. The van der Waals surface area contributed by atoms with Crippen molar-refractivity contribution in [1.82, 2.24) is 24.0 Å². The number of nitrogens with zero attached hydrogens (tertiary/aromatic N) is 5. The summed E-state index contributed by atoms with van der Waals surface area (Å²) in [4.78, 5) is 29.6. The van der Waals surface area contributed by atoms with Crippen LogP contribution in [0.15, 0.2) is 40.2 Å². The number of ether oxygens (including phenoxy) is 1. The highest BCUT2D eigenvalue weighted by Crippen LogP contribution is 2.39. The summed E-state index contributed by atoms with van der Waals surface area (Å²) < 4.78 is 71.7. The maximum Gasteiger partial charge on any atom is 0.410 e. The number of halogens is 3. The molecule has 16 heteroatoms. The van der Waals surface area contributed by atoms with Gasteiger partial charge >= 0.3 is 12.3 Å². The summed E-state index contributed by atoms with van der Waals surface area (Å²) in [6.07, 6.45) is -2.95. The van der Waals surface area contributed by atoms with Crippen molar-refractivity contribution in [2.45, 2.75) is 68.8 Å². The quantitative estimate of drug-likeness (QED) is 0.430. The second-order valence-corrected chi connectivity index (χ2v) is 13.6. The van der Waals surface area contributed by atoms with Gasteiger partial charge in [-0.15, -0.1) is 0 Å². The van der Waals surface area contributed by atoms with E-state index < -0.39 is 52.1 Å². The largest absolute Gasteiger partial charge is 0.444 e. The monoisotopic (exact) mass is 621 g/mol. The van der Waals surface area contributed by atoms with Crippen molar-refractivity contribution in [3.63, 3.8) is 0 Å². The molecule has 43 heavy (non-hydrogen) atoms. The predicted molar refractivity (Wildman–Crippen MR) is 149 cm³/mol. The Hall–Kier alpha value is -4.10. The Morgan fingerprint density at radius 2 is 1.91 bits per heavy atom. The summed E-state index contributed by atoms with van der Waals surface area (Å²) in [5, 5.41) is 17.7. The van der Waals surface area contributed by atoms with E-state index >= 15 is 0 Å². The first-order valence-electron chi connectivity index (χ1n) is 13.5. The number of alkyl halides is 3. The Morgan fingerprint density at radius 3 is 2.53 bits per heavy atom. The lowest BCUT2D eigenvalue weighted by Crippen LogP contribution is -2.49. The normalized spacial score (nSPS) is 18.3. The molecule has 0 radical (unpaired) electrons. The van der Waals surface area contributed by atoms with Crippen LogP contribution in [0.5, 0.6) is 0 Å². The molecular weight excluding hydrogens is 591 g/mol. The Morgan fingerprint density at radius 1 is 1.21 bits per heavy atom. The van der Waals surface area contributed by atoms with Crippen LogP contribution in [-0.4, -0.2) is 69.9 Å². The minimum absolute atomic E-state index is 0.0456. The number of aromatic nitrogens is 3. The number of nitriles is 1. The first kappa shape index (κ1) is 30.4. The molecular formula is C27H30F3N7O5S. The van der Waals surface area contributed by atoms with E-state index in [0.717, 1.165) is 0 Å². The number of benzene rings is 1.